The predicted octanol–water partition coefficient (Wildman–Crippen LogP) is 4.04. The van der Waals surface area contributed by atoms with Crippen LogP contribution in [-0.2, 0) is 9.53 Å². The molecule has 0 radical (unpaired) electrons. The molecule has 2 atom stereocenters. The van der Waals surface area contributed by atoms with Crippen molar-refractivity contribution in [1.29, 1.82) is 0 Å². The molecule has 2 unspecified atom stereocenters. The van der Waals surface area contributed by atoms with E-state index in [9.17, 15) is 4.79 Å². The number of ether oxygens (including phenoxy) is 1. The van der Waals surface area contributed by atoms with Gasteiger partial charge in [0.25, 0.3) is 0 Å². The van der Waals surface area contributed by atoms with Crippen LogP contribution in [0.4, 0.5) is 0 Å². The highest BCUT2D eigenvalue weighted by molar-refractivity contribution is 5.70. The molecule has 0 rings (SSSR count). The topological polar surface area (TPSA) is 52.3 Å². The summed E-state index contributed by atoms with van der Waals surface area (Å²) in [6, 6.07) is -0.0974. The molecule has 2 N–H and O–H groups in total. The largest absolute Gasteiger partial charge is 0.463 e. The number of rotatable bonds is 9. The van der Waals surface area contributed by atoms with Crippen LogP contribution in [0.2, 0.25) is 0 Å². The minimum Gasteiger partial charge on any atom is -0.463 e. The van der Waals surface area contributed by atoms with Gasteiger partial charge in [0.05, 0.1) is 12.5 Å². The summed E-state index contributed by atoms with van der Waals surface area (Å²) in [4.78, 5) is 11.7. The highest BCUT2D eigenvalue weighted by Gasteiger charge is 2.19. The van der Waals surface area contributed by atoms with Gasteiger partial charge in [-0.3, -0.25) is 4.79 Å². The van der Waals surface area contributed by atoms with Crippen LogP contribution >= 0.6 is 0 Å². The molecular weight excluding hydrogens is 238 g/mol. The number of carbonyl (C=O) groups is 1. The number of carbonyl (C=O) groups excluding carboxylic acids is 1. The third kappa shape index (κ3) is 12.2. The summed E-state index contributed by atoms with van der Waals surface area (Å²) in [7, 11) is 0. The molecule has 0 heterocycles. The predicted molar refractivity (Wildman–Crippen MR) is 81.0 cm³/mol. The van der Waals surface area contributed by atoms with Gasteiger partial charge in [-0.1, -0.05) is 47.0 Å². The molecule has 3 heteroatoms. The number of unbranched alkanes of at least 4 members (excludes halogenated alkanes) is 3. The highest BCUT2D eigenvalue weighted by atomic mass is 16.5. The molecule has 0 aliphatic rings. The Kier molecular flexibility index (Phi) is 9.07. The Morgan fingerprint density at radius 3 is 2.37 bits per heavy atom. The quantitative estimate of drug-likeness (QED) is 0.508. The average Bonchev–Trinajstić information content (AvgIpc) is 2.21. The standard InChI is InChI=1S/C16H33NO2/c1-6-7-8-9-10-13(2)19-15(18)11-14(17)12-16(3,4)5/h13-14H,6-12,17H2,1-5H3. The fourth-order valence-electron chi connectivity index (χ4n) is 2.26. The summed E-state index contributed by atoms with van der Waals surface area (Å²) < 4.78 is 5.40. The summed E-state index contributed by atoms with van der Waals surface area (Å²) >= 11 is 0. The molecule has 0 saturated carbocycles. The van der Waals surface area contributed by atoms with Gasteiger partial charge < -0.3 is 10.5 Å². The molecule has 0 aliphatic carbocycles. The van der Waals surface area contributed by atoms with Crippen LogP contribution in [-0.4, -0.2) is 18.1 Å². The van der Waals surface area contributed by atoms with E-state index in [1.807, 2.05) is 6.92 Å². The lowest BCUT2D eigenvalue weighted by Crippen LogP contribution is -2.30. The van der Waals surface area contributed by atoms with E-state index in [1.54, 1.807) is 0 Å². The first-order chi connectivity index (χ1) is 8.74. The lowest BCUT2D eigenvalue weighted by atomic mass is 9.87. The monoisotopic (exact) mass is 271 g/mol. The Balaban J connectivity index is 3.78. The van der Waals surface area contributed by atoms with Gasteiger partial charge in [-0.25, -0.2) is 0 Å². The summed E-state index contributed by atoms with van der Waals surface area (Å²) in [5, 5.41) is 0. The second-order valence-electron chi connectivity index (χ2n) is 6.88. The first-order valence-electron chi connectivity index (χ1n) is 7.69. The van der Waals surface area contributed by atoms with Crippen LogP contribution in [0.5, 0.6) is 0 Å². The second-order valence-corrected chi connectivity index (χ2v) is 6.88. The third-order valence-corrected chi connectivity index (χ3v) is 3.10. The Morgan fingerprint density at radius 2 is 1.84 bits per heavy atom. The van der Waals surface area contributed by atoms with E-state index in [2.05, 4.69) is 27.7 Å². The van der Waals surface area contributed by atoms with Crippen molar-refractivity contribution in [2.24, 2.45) is 11.1 Å². The van der Waals surface area contributed by atoms with Crippen molar-refractivity contribution >= 4 is 5.97 Å². The molecular formula is C16H33NO2. The van der Waals surface area contributed by atoms with E-state index >= 15 is 0 Å². The normalized spacial score (nSPS) is 15.1. The van der Waals surface area contributed by atoms with E-state index < -0.39 is 0 Å². The average molecular weight is 271 g/mol. The summed E-state index contributed by atoms with van der Waals surface area (Å²) in [6.07, 6.45) is 7.00. The summed E-state index contributed by atoms with van der Waals surface area (Å²) in [5.74, 6) is -0.153. The zero-order valence-corrected chi connectivity index (χ0v) is 13.5. The zero-order chi connectivity index (χ0) is 14.9. The Hall–Kier alpha value is -0.570. The minimum atomic E-state index is -0.153. The first kappa shape index (κ1) is 18.4. The molecule has 0 fully saturated rings. The van der Waals surface area contributed by atoms with Crippen LogP contribution in [0.1, 0.15) is 79.6 Å². The Bertz CT molecular complexity index is 246. The fourth-order valence-corrected chi connectivity index (χ4v) is 2.26. The second kappa shape index (κ2) is 9.35. The lowest BCUT2D eigenvalue weighted by molar-refractivity contribution is -0.149. The van der Waals surface area contributed by atoms with E-state index in [1.165, 1.54) is 19.3 Å². The summed E-state index contributed by atoms with van der Waals surface area (Å²) in [6.45, 7) is 10.6. The minimum absolute atomic E-state index is 0.0196. The number of hydrogen-bond acceptors (Lipinski definition) is 3. The van der Waals surface area contributed by atoms with Crippen molar-refractivity contribution in [2.75, 3.05) is 0 Å². The third-order valence-electron chi connectivity index (χ3n) is 3.10. The highest BCUT2D eigenvalue weighted by Crippen LogP contribution is 2.21. The van der Waals surface area contributed by atoms with Crippen LogP contribution in [0, 0.1) is 5.41 Å². The maximum Gasteiger partial charge on any atom is 0.307 e. The van der Waals surface area contributed by atoms with Crippen molar-refractivity contribution < 1.29 is 9.53 Å². The lowest BCUT2D eigenvalue weighted by Gasteiger charge is -2.23. The SMILES string of the molecule is CCCCCCC(C)OC(=O)CC(N)CC(C)(C)C. The van der Waals surface area contributed by atoms with Crippen molar-refractivity contribution in [3.05, 3.63) is 0 Å². The first-order valence-corrected chi connectivity index (χ1v) is 7.69. The van der Waals surface area contributed by atoms with Crippen LogP contribution in [0.15, 0.2) is 0 Å². The van der Waals surface area contributed by atoms with Gasteiger partial charge in [-0.05, 0) is 31.6 Å². The van der Waals surface area contributed by atoms with Crippen LogP contribution < -0.4 is 5.73 Å². The Labute approximate surface area is 119 Å². The molecule has 0 spiro atoms. The van der Waals surface area contributed by atoms with Gasteiger partial charge in [0.1, 0.15) is 0 Å². The molecule has 0 aromatic carbocycles. The van der Waals surface area contributed by atoms with Gasteiger partial charge >= 0.3 is 5.97 Å². The van der Waals surface area contributed by atoms with E-state index in [0.29, 0.717) is 6.42 Å². The molecule has 0 bridgehead atoms. The molecule has 114 valence electrons. The number of nitrogens with two attached hydrogens (primary N) is 1. The maximum absolute atomic E-state index is 11.7. The van der Waals surface area contributed by atoms with Gasteiger partial charge in [0.15, 0.2) is 0 Å². The Morgan fingerprint density at radius 1 is 1.21 bits per heavy atom. The molecule has 0 aliphatic heterocycles. The van der Waals surface area contributed by atoms with Crippen molar-refractivity contribution in [2.45, 2.75) is 91.7 Å². The molecule has 19 heavy (non-hydrogen) atoms. The van der Waals surface area contributed by atoms with Gasteiger partial charge in [0, 0.05) is 6.04 Å². The molecule has 0 aromatic rings. The van der Waals surface area contributed by atoms with Gasteiger partial charge in [-0.15, -0.1) is 0 Å². The smallest absolute Gasteiger partial charge is 0.307 e. The van der Waals surface area contributed by atoms with Crippen LogP contribution in [0.25, 0.3) is 0 Å². The fraction of sp³-hybridized carbons (Fsp3) is 0.938. The van der Waals surface area contributed by atoms with Crippen molar-refractivity contribution in [3.8, 4) is 0 Å². The van der Waals surface area contributed by atoms with E-state index in [0.717, 1.165) is 19.3 Å². The number of esters is 1. The maximum atomic E-state index is 11.7. The van der Waals surface area contributed by atoms with Gasteiger partial charge in [-0.2, -0.15) is 0 Å². The summed E-state index contributed by atoms with van der Waals surface area (Å²) in [5.41, 5.74) is 6.13. The van der Waals surface area contributed by atoms with Crippen molar-refractivity contribution in [1.82, 2.24) is 0 Å². The molecule has 0 amide bonds. The van der Waals surface area contributed by atoms with E-state index in [-0.39, 0.29) is 23.5 Å². The van der Waals surface area contributed by atoms with Gasteiger partial charge in [0.2, 0.25) is 0 Å². The molecule has 0 saturated heterocycles. The number of hydrogen-bond donors (Lipinski definition) is 1. The van der Waals surface area contributed by atoms with Crippen LogP contribution in [0.3, 0.4) is 0 Å². The zero-order valence-electron chi connectivity index (χ0n) is 13.5. The molecule has 0 aromatic heterocycles. The molecule has 3 nitrogen and oxygen atoms in total. The van der Waals surface area contributed by atoms with Crippen molar-refractivity contribution in [3.63, 3.8) is 0 Å². The van der Waals surface area contributed by atoms with E-state index in [4.69, 9.17) is 10.5 Å².